The smallest absolute Gasteiger partial charge is 0.245 e. The summed E-state index contributed by atoms with van der Waals surface area (Å²) in [6.45, 7) is 3.07. The fourth-order valence-corrected chi connectivity index (χ4v) is 3.74. The van der Waals surface area contributed by atoms with E-state index in [1.165, 1.54) is 5.56 Å². The van der Waals surface area contributed by atoms with Crippen molar-refractivity contribution in [3.05, 3.63) is 78.0 Å². The number of hydrazine groups is 1. The third-order valence-electron chi connectivity index (χ3n) is 5.55. The van der Waals surface area contributed by atoms with E-state index < -0.39 is 5.82 Å². The van der Waals surface area contributed by atoms with Crippen LogP contribution in [0.4, 0.5) is 27.5 Å². The molecule has 35 heavy (non-hydrogen) atoms. The number of hydrazone groups is 1. The highest BCUT2D eigenvalue weighted by Crippen LogP contribution is 2.21. The summed E-state index contributed by atoms with van der Waals surface area (Å²) in [5.74, 6) is -0.0216. The van der Waals surface area contributed by atoms with Gasteiger partial charge in [-0.15, -0.1) is 0 Å². The van der Waals surface area contributed by atoms with Gasteiger partial charge in [0.25, 0.3) is 0 Å². The molecule has 1 aromatic carbocycles. The van der Waals surface area contributed by atoms with E-state index in [4.69, 9.17) is 4.74 Å². The molecule has 1 saturated heterocycles. The molecule has 1 atom stereocenters. The van der Waals surface area contributed by atoms with Crippen LogP contribution in [0.5, 0.6) is 0 Å². The van der Waals surface area contributed by atoms with E-state index in [-0.39, 0.29) is 17.8 Å². The molecule has 10 nitrogen and oxygen atoms in total. The molecule has 0 radical (unpaired) electrons. The maximum Gasteiger partial charge on any atom is 0.245 e. The first-order valence-corrected chi connectivity index (χ1v) is 11.4. The molecular weight excluding hydrogens is 449 g/mol. The van der Waals surface area contributed by atoms with Gasteiger partial charge in [-0.1, -0.05) is 24.3 Å². The second-order valence-electron chi connectivity index (χ2n) is 7.98. The number of morpholine rings is 1. The van der Waals surface area contributed by atoms with Gasteiger partial charge in [0, 0.05) is 25.3 Å². The van der Waals surface area contributed by atoms with E-state index in [1.807, 2.05) is 29.2 Å². The average Bonchev–Trinajstić information content (AvgIpc) is 2.92. The summed E-state index contributed by atoms with van der Waals surface area (Å²) in [4.78, 5) is 14.4. The van der Waals surface area contributed by atoms with Gasteiger partial charge in [0.15, 0.2) is 11.6 Å². The summed E-state index contributed by atoms with van der Waals surface area (Å²) < 4.78 is 19.5. The molecule has 0 bridgehead atoms. The van der Waals surface area contributed by atoms with Crippen LogP contribution in [-0.4, -0.2) is 54.0 Å². The first-order chi connectivity index (χ1) is 17.2. The molecule has 5 rings (SSSR count). The van der Waals surface area contributed by atoms with Crippen molar-refractivity contribution in [3.63, 3.8) is 0 Å². The number of anilines is 4. The number of aromatic nitrogens is 3. The van der Waals surface area contributed by atoms with Crippen LogP contribution >= 0.6 is 0 Å². The van der Waals surface area contributed by atoms with Gasteiger partial charge in [-0.2, -0.15) is 10.1 Å². The van der Waals surface area contributed by atoms with E-state index in [0.29, 0.717) is 32.0 Å². The number of hydrogen-bond acceptors (Lipinski definition) is 10. The molecule has 4 N–H and O–H groups in total. The second kappa shape index (κ2) is 11.0. The van der Waals surface area contributed by atoms with Crippen LogP contribution in [0.15, 0.2) is 66.0 Å². The summed E-state index contributed by atoms with van der Waals surface area (Å²) in [5.41, 5.74) is 12.8. The van der Waals surface area contributed by atoms with E-state index in [1.54, 1.807) is 12.4 Å². The molecule has 11 heteroatoms. The molecular formula is C24H26FN9O. The van der Waals surface area contributed by atoms with Gasteiger partial charge in [0.05, 0.1) is 49.2 Å². The Morgan fingerprint density at radius 3 is 2.63 bits per heavy atom. The number of benzene rings is 1. The van der Waals surface area contributed by atoms with Crippen molar-refractivity contribution in [2.24, 2.45) is 5.10 Å². The zero-order valence-electron chi connectivity index (χ0n) is 19.0. The van der Waals surface area contributed by atoms with Crippen molar-refractivity contribution in [3.8, 4) is 0 Å². The van der Waals surface area contributed by atoms with Gasteiger partial charge in [-0.3, -0.25) is 10.4 Å². The van der Waals surface area contributed by atoms with E-state index in [9.17, 15) is 4.39 Å². The Balaban J connectivity index is 1.16. The molecule has 0 aliphatic carbocycles. The predicted octanol–water partition coefficient (Wildman–Crippen LogP) is 2.74. The van der Waals surface area contributed by atoms with Gasteiger partial charge in [-0.25, -0.2) is 20.2 Å². The van der Waals surface area contributed by atoms with E-state index in [2.05, 4.69) is 65.9 Å². The van der Waals surface area contributed by atoms with Crippen LogP contribution < -0.4 is 26.5 Å². The normalized spacial score (nSPS) is 18.1. The Morgan fingerprint density at radius 1 is 1.06 bits per heavy atom. The number of nitrogens with zero attached hydrogens (tertiary/aromatic N) is 5. The van der Waals surface area contributed by atoms with Crippen molar-refractivity contribution in [1.29, 1.82) is 0 Å². The molecule has 2 aliphatic rings. The van der Waals surface area contributed by atoms with Crippen molar-refractivity contribution in [1.82, 2.24) is 25.8 Å². The van der Waals surface area contributed by atoms with Gasteiger partial charge in [0.2, 0.25) is 5.95 Å². The number of nitrogens with one attached hydrogen (secondary N) is 4. The Labute approximate surface area is 202 Å². The molecule has 3 aromatic rings. The fraction of sp³-hybridized carbons (Fsp3) is 0.250. The minimum atomic E-state index is -0.472. The fourth-order valence-electron chi connectivity index (χ4n) is 3.74. The summed E-state index contributed by atoms with van der Waals surface area (Å²) in [5, 5.41) is 7.47. The molecule has 2 aliphatic heterocycles. The van der Waals surface area contributed by atoms with Crippen molar-refractivity contribution < 1.29 is 9.13 Å². The maximum absolute atomic E-state index is 14.1. The Bertz CT molecular complexity index is 1180. The van der Waals surface area contributed by atoms with Crippen LogP contribution in [0.2, 0.25) is 0 Å². The second-order valence-corrected chi connectivity index (χ2v) is 7.98. The predicted molar refractivity (Wildman–Crippen MR) is 133 cm³/mol. The molecule has 1 fully saturated rings. The standard InChI is InChI=1S/C24H26FN9O/c25-21-16-27-24(31-23(21)34-10-12-35-13-11-34)33-29-15-19-7-8-20(14-26-19)30-18-5-3-17(4-6-18)22-2-1-9-28-32-22/h1-8,14-16,22,28,30,32H,9-13H2,(H,27,31,33)/b29-15+. The zero-order chi connectivity index (χ0) is 23.9. The van der Waals surface area contributed by atoms with Crippen LogP contribution in [0.3, 0.4) is 0 Å². The Hall–Kier alpha value is -3.93. The number of ether oxygens (including phenoxy) is 1. The lowest BCUT2D eigenvalue weighted by Gasteiger charge is -2.27. The number of pyridine rings is 1. The minimum Gasteiger partial charge on any atom is -0.378 e. The monoisotopic (exact) mass is 475 g/mol. The van der Waals surface area contributed by atoms with Gasteiger partial charge < -0.3 is 15.0 Å². The van der Waals surface area contributed by atoms with E-state index in [0.717, 1.165) is 24.1 Å². The minimum absolute atomic E-state index is 0.165. The number of halogens is 1. The molecule has 0 amide bonds. The maximum atomic E-state index is 14.1. The summed E-state index contributed by atoms with van der Waals surface area (Å²) in [6.07, 6.45) is 8.67. The van der Waals surface area contributed by atoms with Crippen LogP contribution in [-0.2, 0) is 4.74 Å². The van der Waals surface area contributed by atoms with Crippen molar-refractivity contribution in [2.75, 3.05) is 48.5 Å². The van der Waals surface area contributed by atoms with Crippen molar-refractivity contribution in [2.45, 2.75) is 6.04 Å². The third-order valence-corrected chi connectivity index (χ3v) is 5.55. The molecule has 180 valence electrons. The number of rotatable bonds is 7. The lowest BCUT2D eigenvalue weighted by atomic mass is 10.1. The molecule has 4 heterocycles. The molecule has 2 aromatic heterocycles. The topological polar surface area (TPSA) is 112 Å². The number of hydrogen-bond donors (Lipinski definition) is 4. The summed E-state index contributed by atoms with van der Waals surface area (Å²) in [6, 6.07) is 12.2. The van der Waals surface area contributed by atoms with Gasteiger partial charge in [-0.05, 0) is 29.8 Å². The Kier molecular flexibility index (Phi) is 7.18. The highest BCUT2D eigenvalue weighted by molar-refractivity contribution is 5.78. The lowest BCUT2D eigenvalue weighted by Crippen LogP contribution is -2.37. The van der Waals surface area contributed by atoms with Gasteiger partial charge in [0.1, 0.15) is 0 Å². The SMILES string of the molecule is Fc1cnc(N/N=C/c2ccc(Nc3ccc(C4C=CCNN4)cc3)cn2)nc1N1CCOCC1. The van der Waals surface area contributed by atoms with E-state index >= 15 is 0 Å². The zero-order valence-corrected chi connectivity index (χ0v) is 19.0. The lowest BCUT2D eigenvalue weighted by molar-refractivity contribution is 0.122. The summed E-state index contributed by atoms with van der Waals surface area (Å²) in [7, 11) is 0. The van der Waals surface area contributed by atoms with Crippen LogP contribution in [0.25, 0.3) is 0 Å². The summed E-state index contributed by atoms with van der Waals surface area (Å²) >= 11 is 0. The molecule has 0 spiro atoms. The molecule has 1 unspecified atom stereocenters. The highest BCUT2D eigenvalue weighted by Gasteiger charge is 2.17. The largest absolute Gasteiger partial charge is 0.378 e. The van der Waals surface area contributed by atoms with Crippen molar-refractivity contribution >= 4 is 29.4 Å². The highest BCUT2D eigenvalue weighted by atomic mass is 19.1. The van der Waals surface area contributed by atoms with Gasteiger partial charge >= 0.3 is 0 Å². The first-order valence-electron chi connectivity index (χ1n) is 11.4. The van der Waals surface area contributed by atoms with Crippen LogP contribution in [0, 0.1) is 5.82 Å². The first kappa shape index (κ1) is 22.8. The third kappa shape index (κ3) is 5.96. The van der Waals surface area contributed by atoms with Crippen LogP contribution in [0.1, 0.15) is 17.3 Å². The Morgan fingerprint density at radius 2 is 1.89 bits per heavy atom. The quantitative estimate of drug-likeness (QED) is 0.233. The average molecular weight is 476 g/mol. The molecule has 0 saturated carbocycles.